The Morgan fingerprint density at radius 3 is 2.69 bits per heavy atom. The lowest BCUT2D eigenvalue weighted by molar-refractivity contribution is 0.0336. The summed E-state index contributed by atoms with van der Waals surface area (Å²) in [5.74, 6) is 0.568. The number of aryl methyl sites for hydroxylation is 2. The Morgan fingerprint density at radius 1 is 1.00 bits per heavy atom. The molecule has 3 nitrogen and oxygen atoms in total. The minimum Gasteiger partial charge on any atom is -0.316 e. The Kier molecular flexibility index (Phi) is 6.77. The highest BCUT2D eigenvalue weighted by molar-refractivity contribution is 5.35. The fourth-order valence-corrected chi connectivity index (χ4v) is 7.84. The molecule has 1 spiro atoms. The molecule has 1 saturated carbocycles. The monoisotopic (exact) mass is 471 g/mol. The zero-order valence-electron chi connectivity index (χ0n) is 22.1. The van der Waals surface area contributed by atoms with Crippen molar-refractivity contribution in [3.05, 3.63) is 70.3 Å². The van der Waals surface area contributed by atoms with Crippen LogP contribution in [0, 0.1) is 5.41 Å². The van der Waals surface area contributed by atoms with Crippen LogP contribution in [0.15, 0.2) is 42.5 Å². The maximum Gasteiger partial charge on any atom is 0.0481 e. The van der Waals surface area contributed by atoms with Gasteiger partial charge in [0.2, 0.25) is 0 Å². The quantitative estimate of drug-likeness (QED) is 0.570. The molecule has 0 amide bonds. The molecule has 6 rings (SSSR count). The molecule has 2 aliphatic heterocycles. The first-order valence-electron chi connectivity index (χ1n) is 14.5. The topological polar surface area (TPSA) is 18.5 Å². The zero-order valence-corrected chi connectivity index (χ0v) is 22.1. The molecule has 188 valence electrons. The molecule has 3 heteroatoms. The van der Waals surface area contributed by atoms with Gasteiger partial charge in [0, 0.05) is 44.8 Å². The van der Waals surface area contributed by atoms with Gasteiger partial charge in [-0.1, -0.05) is 56.3 Å². The number of piperazine rings is 1. The van der Waals surface area contributed by atoms with Gasteiger partial charge in [0.1, 0.15) is 0 Å². The molecule has 0 aromatic heterocycles. The van der Waals surface area contributed by atoms with Crippen LogP contribution in [0.3, 0.4) is 0 Å². The number of nitrogens with one attached hydrogen (secondary N) is 1. The van der Waals surface area contributed by atoms with Crippen molar-refractivity contribution >= 4 is 0 Å². The van der Waals surface area contributed by atoms with Crippen molar-refractivity contribution < 1.29 is 0 Å². The SMILES string of the molecule is CC(C)c1ccccc1C1CN(Cc2ccc3c(c2)CCCC3)CCN1C1CCC2(CCNC2)C1. The molecule has 4 aliphatic rings. The first kappa shape index (κ1) is 23.7. The van der Waals surface area contributed by atoms with Gasteiger partial charge in [0.05, 0.1) is 0 Å². The summed E-state index contributed by atoms with van der Waals surface area (Å²) in [4.78, 5) is 5.70. The van der Waals surface area contributed by atoms with Gasteiger partial charge in [-0.25, -0.2) is 0 Å². The van der Waals surface area contributed by atoms with Crippen LogP contribution in [0.25, 0.3) is 0 Å². The second-order valence-corrected chi connectivity index (χ2v) is 12.4. The number of rotatable bonds is 5. The van der Waals surface area contributed by atoms with E-state index in [-0.39, 0.29) is 0 Å². The zero-order chi connectivity index (χ0) is 23.8. The first-order chi connectivity index (χ1) is 17.1. The maximum absolute atomic E-state index is 3.67. The van der Waals surface area contributed by atoms with Gasteiger partial charge in [0.25, 0.3) is 0 Å². The standard InChI is InChI=1S/C32H45N3/c1-24(2)29-9-5-6-10-30(29)31-22-34(21-25-11-12-26-7-3-4-8-27(26)19-25)17-18-35(31)28-13-14-32(20-28)15-16-33-23-32/h5-6,9-12,19,24,28,31,33H,3-4,7-8,13-18,20-23H2,1-2H3. The van der Waals surface area contributed by atoms with Gasteiger partial charge in [0.15, 0.2) is 0 Å². The molecule has 3 atom stereocenters. The Balaban J connectivity index is 1.25. The van der Waals surface area contributed by atoms with Gasteiger partial charge in [-0.3, -0.25) is 9.80 Å². The highest BCUT2D eigenvalue weighted by Crippen LogP contribution is 2.47. The number of hydrogen-bond donors (Lipinski definition) is 1. The normalized spacial score (nSPS) is 29.8. The minimum absolute atomic E-state index is 0.509. The lowest BCUT2D eigenvalue weighted by Gasteiger charge is -2.46. The molecule has 35 heavy (non-hydrogen) atoms. The number of fused-ring (bicyclic) bond motifs is 1. The van der Waals surface area contributed by atoms with Crippen molar-refractivity contribution in [1.29, 1.82) is 0 Å². The van der Waals surface area contributed by atoms with E-state index in [4.69, 9.17) is 0 Å². The summed E-state index contributed by atoms with van der Waals surface area (Å²) in [6.07, 6.45) is 10.9. The van der Waals surface area contributed by atoms with Crippen LogP contribution >= 0.6 is 0 Å². The molecule has 0 bridgehead atoms. The molecule has 2 heterocycles. The van der Waals surface area contributed by atoms with Crippen LogP contribution in [0.4, 0.5) is 0 Å². The Hall–Kier alpha value is -1.68. The van der Waals surface area contributed by atoms with Gasteiger partial charge >= 0.3 is 0 Å². The number of nitrogens with zero attached hydrogens (tertiary/aromatic N) is 2. The second-order valence-electron chi connectivity index (χ2n) is 12.4. The van der Waals surface area contributed by atoms with Crippen molar-refractivity contribution in [2.75, 3.05) is 32.7 Å². The third kappa shape index (κ3) is 4.84. The van der Waals surface area contributed by atoms with Crippen LogP contribution in [-0.2, 0) is 19.4 Å². The highest BCUT2D eigenvalue weighted by atomic mass is 15.3. The lowest BCUT2D eigenvalue weighted by atomic mass is 9.84. The first-order valence-corrected chi connectivity index (χ1v) is 14.5. The summed E-state index contributed by atoms with van der Waals surface area (Å²) in [6, 6.07) is 18.0. The van der Waals surface area contributed by atoms with Crippen molar-refractivity contribution in [2.45, 2.75) is 89.8 Å². The summed E-state index contributed by atoms with van der Waals surface area (Å²) in [5, 5.41) is 3.67. The molecule has 3 unspecified atom stereocenters. The maximum atomic E-state index is 3.67. The summed E-state index contributed by atoms with van der Waals surface area (Å²) in [7, 11) is 0. The van der Waals surface area contributed by atoms with Gasteiger partial charge in [-0.2, -0.15) is 0 Å². The lowest BCUT2D eigenvalue weighted by Crippen LogP contribution is -2.51. The van der Waals surface area contributed by atoms with Crippen LogP contribution in [0.5, 0.6) is 0 Å². The predicted molar refractivity (Wildman–Crippen MR) is 146 cm³/mol. The Bertz CT molecular complexity index is 1020. The molecule has 2 aliphatic carbocycles. The molecule has 0 radical (unpaired) electrons. The fourth-order valence-electron chi connectivity index (χ4n) is 7.84. The van der Waals surface area contributed by atoms with E-state index >= 15 is 0 Å². The van der Waals surface area contributed by atoms with E-state index in [1.54, 1.807) is 22.3 Å². The smallest absolute Gasteiger partial charge is 0.0481 e. The van der Waals surface area contributed by atoms with Crippen molar-refractivity contribution in [2.24, 2.45) is 5.41 Å². The molecule has 1 N–H and O–H groups in total. The van der Waals surface area contributed by atoms with Gasteiger partial charge in [-0.15, -0.1) is 0 Å². The third-order valence-electron chi connectivity index (χ3n) is 9.78. The number of hydrogen-bond acceptors (Lipinski definition) is 3. The molecular weight excluding hydrogens is 426 g/mol. The van der Waals surface area contributed by atoms with Crippen LogP contribution in [-0.4, -0.2) is 48.6 Å². The minimum atomic E-state index is 0.509. The second kappa shape index (κ2) is 10.00. The molecular formula is C32H45N3. The summed E-state index contributed by atoms with van der Waals surface area (Å²) in [6.45, 7) is 11.9. The molecule has 2 aromatic carbocycles. The van der Waals surface area contributed by atoms with E-state index in [1.165, 1.54) is 83.1 Å². The molecule has 3 fully saturated rings. The third-order valence-corrected chi connectivity index (χ3v) is 9.78. The van der Waals surface area contributed by atoms with Crippen molar-refractivity contribution in [1.82, 2.24) is 15.1 Å². The van der Waals surface area contributed by atoms with Gasteiger partial charge in [-0.05, 0) is 97.1 Å². The highest BCUT2D eigenvalue weighted by Gasteiger charge is 2.45. The largest absolute Gasteiger partial charge is 0.316 e. The van der Waals surface area contributed by atoms with E-state index in [2.05, 4.69) is 71.4 Å². The van der Waals surface area contributed by atoms with Crippen LogP contribution in [0.2, 0.25) is 0 Å². The van der Waals surface area contributed by atoms with E-state index in [9.17, 15) is 0 Å². The predicted octanol–water partition coefficient (Wildman–Crippen LogP) is 6.08. The Labute approximate surface area is 213 Å². The van der Waals surface area contributed by atoms with Gasteiger partial charge < -0.3 is 5.32 Å². The number of benzene rings is 2. The average molecular weight is 472 g/mol. The molecule has 2 aromatic rings. The van der Waals surface area contributed by atoms with E-state index in [1.807, 2.05) is 0 Å². The van der Waals surface area contributed by atoms with E-state index in [0.29, 0.717) is 17.4 Å². The van der Waals surface area contributed by atoms with E-state index < -0.39 is 0 Å². The van der Waals surface area contributed by atoms with Crippen LogP contribution < -0.4 is 5.32 Å². The fraction of sp³-hybridized carbons (Fsp3) is 0.625. The van der Waals surface area contributed by atoms with E-state index in [0.717, 1.165) is 19.1 Å². The summed E-state index contributed by atoms with van der Waals surface area (Å²) >= 11 is 0. The summed E-state index contributed by atoms with van der Waals surface area (Å²) in [5.41, 5.74) is 8.46. The van der Waals surface area contributed by atoms with Crippen molar-refractivity contribution in [3.8, 4) is 0 Å². The van der Waals surface area contributed by atoms with Crippen LogP contribution in [0.1, 0.15) is 92.1 Å². The summed E-state index contributed by atoms with van der Waals surface area (Å²) < 4.78 is 0. The Morgan fingerprint density at radius 2 is 1.86 bits per heavy atom. The van der Waals surface area contributed by atoms with Crippen molar-refractivity contribution in [3.63, 3.8) is 0 Å². The average Bonchev–Trinajstić information content (AvgIpc) is 3.53. The molecule has 2 saturated heterocycles.